The summed E-state index contributed by atoms with van der Waals surface area (Å²) in [7, 11) is 0. The van der Waals surface area contributed by atoms with Gasteiger partial charge < -0.3 is 21.1 Å². The number of amides is 3. The predicted molar refractivity (Wildman–Crippen MR) is 153 cm³/mol. The van der Waals surface area contributed by atoms with E-state index in [1.165, 1.54) is 12.1 Å². The quantitative estimate of drug-likeness (QED) is 0.242. The fraction of sp³-hybridized carbons (Fsp3) is 0.233. The van der Waals surface area contributed by atoms with Gasteiger partial charge in [0.25, 0.3) is 5.91 Å². The van der Waals surface area contributed by atoms with Gasteiger partial charge in [0.15, 0.2) is 5.78 Å². The lowest BCUT2D eigenvalue weighted by Crippen LogP contribution is -2.41. The van der Waals surface area contributed by atoms with E-state index < -0.39 is 36.0 Å². The molecule has 4 N–H and O–H groups in total. The number of carbonyl (C=O) groups is 4. The molecule has 11 heteroatoms. The molecule has 0 spiro atoms. The molecule has 3 aromatic carbocycles. The lowest BCUT2D eigenvalue weighted by molar-refractivity contribution is -0.141. The van der Waals surface area contributed by atoms with Crippen LogP contribution in [0.25, 0.3) is 0 Å². The Balaban J connectivity index is 1.35. The van der Waals surface area contributed by atoms with E-state index in [-0.39, 0.29) is 40.3 Å². The number of nitrogens with one attached hydrogen (secondary N) is 3. The molecule has 2 atom stereocenters. The standard InChI is InChI=1S/C30H26Cl2N4O5/c31-23-11-20(28(38)34-15-18-5-3-4-17(10-18)14-33)12-24(32)27(23)26(37)13-21(29(39)40)16-35-30(41)36-25-9-8-19-6-1-2-7-22(19)25/h1-7,10-12,21,25H,8-9,13,15-16H2,(H,34,38)(H,39,40)(H2,35,36,41). The minimum absolute atomic E-state index is 0.103. The number of urea groups is 1. The first-order chi connectivity index (χ1) is 19.7. The molecule has 9 nitrogen and oxygen atoms in total. The molecule has 0 aliphatic heterocycles. The van der Waals surface area contributed by atoms with Gasteiger partial charge in [0, 0.05) is 25.1 Å². The third-order valence-corrected chi connectivity index (χ3v) is 7.42. The number of aliphatic carboxylic acids is 1. The van der Waals surface area contributed by atoms with E-state index in [1.807, 2.05) is 30.3 Å². The smallest absolute Gasteiger partial charge is 0.315 e. The van der Waals surface area contributed by atoms with Gasteiger partial charge in [-0.1, -0.05) is 59.6 Å². The molecule has 4 rings (SSSR count). The monoisotopic (exact) mass is 592 g/mol. The number of nitrogens with zero attached hydrogens (tertiary/aromatic N) is 1. The van der Waals surface area contributed by atoms with Crippen LogP contribution in [0, 0.1) is 17.2 Å². The number of aryl methyl sites for hydroxylation is 1. The minimum atomic E-state index is -1.27. The molecule has 0 heterocycles. The second-order valence-corrected chi connectivity index (χ2v) is 10.4. The summed E-state index contributed by atoms with van der Waals surface area (Å²) in [5, 5.41) is 26.6. The molecule has 1 aliphatic carbocycles. The number of carbonyl (C=O) groups excluding carboxylic acids is 3. The Morgan fingerprint density at radius 2 is 1.73 bits per heavy atom. The SMILES string of the molecule is N#Cc1cccc(CNC(=O)c2cc(Cl)c(C(=O)CC(CNC(=O)NC3CCc4ccccc43)C(=O)O)c(Cl)c2)c1. The molecule has 3 amide bonds. The molecule has 0 radical (unpaired) electrons. The van der Waals surface area contributed by atoms with E-state index in [1.54, 1.807) is 24.3 Å². The van der Waals surface area contributed by atoms with E-state index in [4.69, 9.17) is 28.5 Å². The second-order valence-electron chi connectivity index (χ2n) is 9.62. The van der Waals surface area contributed by atoms with Gasteiger partial charge in [0.05, 0.1) is 39.2 Å². The highest BCUT2D eigenvalue weighted by molar-refractivity contribution is 6.40. The zero-order valence-corrected chi connectivity index (χ0v) is 23.3. The Labute approximate surface area is 246 Å². The van der Waals surface area contributed by atoms with Crippen LogP contribution < -0.4 is 16.0 Å². The van der Waals surface area contributed by atoms with Crippen molar-refractivity contribution in [3.63, 3.8) is 0 Å². The van der Waals surface area contributed by atoms with Crippen molar-refractivity contribution in [2.24, 2.45) is 5.92 Å². The van der Waals surface area contributed by atoms with Crippen LogP contribution in [0.1, 0.15) is 61.9 Å². The highest BCUT2D eigenvalue weighted by Gasteiger charge is 2.28. The first-order valence-corrected chi connectivity index (χ1v) is 13.6. The molecule has 0 saturated heterocycles. The van der Waals surface area contributed by atoms with Crippen molar-refractivity contribution < 1.29 is 24.3 Å². The van der Waals surface area contributed by atoms with Crippen LogP contribution in [0.4, 0.5) is 4.79 Å². The van der Waals surface area contributed by atoms with Gasteiger partial charge in [0.1, 0.15) is 0 Å². The second kappa shape index (κ2) is 13.3. The number of nitriles is 1. The molecular weight excluding hydrogens is 567 g/mol. The van der Waals surface area contributed by atoms with E-state index >= 15 is 0 Å². The van der Waals surface area contributed by atoms with Crippen LogP contribution in [0.5, 0.6) is 0 Å². The van der Waals surface area contributed by atoms with Crippen molar-refractivity contribution in [2.45, 2.75) is 31.8 Å². The van der Waals surface area contributed by atoms with Crippen LogP contribution >= 0.6 is 23.2 Å². The topological polar surface area (TPSA) is 148 Å². The summed E-state index contributed by atoms with van der Waals surface area (Å²) in [6, 6.07) is 18.4. The van der Waals surface area contributed by atoms with Gasteiger partial charge in [-0.25, -0.2) is 4.79 Å². The molecule has 0 bridgehead atoms. The summed E-state index contributed by atoms with van der Waals surface area (Å²) in [4.78, 5) is 50.0. The van der Waals surface area contributed by atoms with Gasteiger partial charge in [-0.05, 0) is 53.8 Å². The Bertz CT molecular complexity index is 1530. The molecule has 0 saturated carbocycles. The van der Waals surface area contributed by atoms with E-state index in [9.17, 15) is 24.3 Å². The van der Waals surface area contributed by atoms with Gasteiger partial charge in [-0.15, -0.1) is 0 Å². The lowest BCUT2D eigenvalue weighted by atomic mass is 9.97. The molecule has 1 aliphatic rings. The zero-order chi connectivity index (χ0) is 29.5. The largest absolute Gasteiger partial charge is 0.481 e. The zero-order valence-electron chi connectivity index (χ0n) is 21.7. The molecule has 210 valence electrons. The number of hydrogen-bond donors (Lipinski definition) is 4. The fourth-order valence-electron chi connectivity index (χ4n) is 4.71. The number of Topliss-reactive ketones (excluding diaryl/α,β-unsaturated/α-hetero) is 1. The minimum Gasteiger partial charge on any atom is -0.481 e. The maximum Gasteiger partial charge on any atom is 0.315 e. The Morgan fingerprint density at radius 1 is 1.00 bits per heavy atom. The third kappa shape index (κ3) is 7.42. The van der Waals surface area contributed by atoms with Crippen molar-refractivity contribution >= 4 is 46.9 Å². The number of fused-ring (bicyclic) bond motifs is 1. The number of rotatable bonds is 10. The Morgan fingerprint density at radius 3 is 2.44 bits per heavy atom. The summed E-state index contributed by atoms with van der Waals surface area (Å²) >= 11 is 12.6. The van der Waals surface area contributed by atoms with Gasteiger partial charge in [0.2, 0.25) is 0 Å². The summed E-state index contributed by atoms with van der Waals surface area (Å²) in [5.41, 5.74) is 3.37. The Hall–Kier alpha value is -4.39. The number of ketones is 1. The van der Waals surface area contributed by atoms with Crippen molar-refractivity contribution in [1.29, 1.82) is 5.26 Å². The van der Waals surface area contributed by atoms with Crippen molar-refractivity contribution in [3.05, 3.63) is 104 Å². The van der Waals surface area contributed by atoms with Crippen LogP contribution in [0.2, 0.25) is 10.0 Å². The van der Waals surface area contributed by atoms with Crippen LogP contribution in [-0.4, -0.2) is 35.3 Å². The van der Waals surface area contributed by atoms with Crippen LogP contribution in [0.3, 0.4) is 0 Å². The van der Waals surface area contributed by atoms with Crippen molar-refractivity contribution in [2.75, 3.05) is 6.54 Å². The average molecular weight is 593 g/mol. The van der Waals surface area contributed by atoms with E-state index in [0.717, 1.165) is 29.5 Å². The lowest BCUT2D eigenvalue weighted by Gasteiger charge is -2.17. The van der Waals surface area contributed by atoms with Crippen LogP contribution in [0.15, 0.2) is 60.7 Å². The van der Waals surface area contributed by atoms with Crippen molar-refractivity contribution in [3.8, 4) is 6.07 Å². The fourth-order valence-corrected chi connectivity index (χ4v) is 5.41. The van der Waals surface area contributed by atoms with Gasteiger partial charge >= 0.3 is 12.0 Å². The molecule has 0 fully saturated rings. The number of carboxylic acid groups (broad SMARTS) is 1. The average Bonchev–Trinajstić information content (AvgIpc) is 3.36. The summed E-state index contributed by atoms with van der Waals surface area (Å²) in [5.74, 6) is -3.64. The summed E-state index contributed by atoms with van der Waals surface area (Å²) < 4.78 is 0. The van der Waals surface area contributed by atoms with E-state index in [0.29, 0.717) is 5.56 Å². The Kier molecular flexibility index (Phi) is 9.61. The highest BCUT2D eigenvalue weighted by atomic mass is 35.5. The number of halogens is 2. The summed E-state index contributed by atoms with van der Waals surface area (Å²) in [6.07, 6.45) is 1.11. The van der Waals surface area contributed by atoms with E-state index in [2.05, 4.69) is 16.0 Å². The van der Waals surface area contributed by atoms with Gasteiger partial charge in [-0.3, -0.25) is 14.4 Å². The third-order valence-electron chi connectivity index (χ3n) is 6.82. The molecule has 0 aromatic heterocycles. The number of benzene rings is 3. The molecule has 3 aromatic rings. The normalized spacial score (nSPS) is 14.3. The predicted octanol–water partition coefficient (Wildman–Crippen LogP) is 5.06. The molecule has 2 unspecified atom stereocenters. The maximum absolute atomic E-state index is 13.0. The highest BCUT2D eigenvalue weighted by Crippen LogP contribution is 2.31. The number of carboxylic acids is 1. The summed E-state index contributed by atoms with van der Waals surface area (Å²) in [6.45, 7) is -0.137. The first kappa shape index (κ1) is 29.6. The van der Waals surface area contributed by atoms with Crippen LogP contribution in [-0.2, 0) is 17.8 Å². The van der Waals surface area contributed by atoms with Gasteiger partial charge in [-0.2, -0.15) is 5.26 Å². The first-order valence-electron chi connectivity index (χ1n) is 12.8. The van der Waals surface area contributed by atoms with Crippen molar-refractivity contribution in [1.82, 2.24) is 16.0 Å². The number of hydrogen-bond acceptors (Lipinski definition) is 5. The maximum atomic E-state index is 13.0. The molecular formula is C30H26Cl2N4O5. The molecule has 41 heavy (non-hydrogen) atoms.